The normalized spacial score (nSPS) is 13.1. The van der Waals surface area contributed by atoms with Crippen LogP contribution in [0.5, 0.6) is 0 Å². The van der Waals surface area contributed by atoms with Crippen molar-refractivity contribution in [1.29, 1.82) is 0 Å². The van der Waals surface area contributed by atoms with E-state index in [9.17, 15) is 0 Å². The molecule has 0 saturated carbocycles. The molecule has 2 heterocycles. The summed E-state index contributed by atoms with van der Waals surface area (Å²) >= 11 is 0. The highest BCUT2D eigenvalue weighted by Crippen LogP contribution is 2.24. The number of hydrogen-bond donors (Lipinski definition) is 1. The lowest BCUT2D eigenvalue weighted by Gasteiger charge is -2.14. The van der Waals surface area contributed by atoms with E-state index in [0.29, 0.717) is 12.6 Å². The second-order valence-corrected chi connectivity index (χ2v) is 4.27. The Kier molecular flexibility index (Phi) is 3.28. The van der Waals surface area contributed by atoms with Crippen LogP contribution < -0.4 is 5.73 Å². The number of aryl methyl sites for hydroxylation is 1. The zero-order valence-corrected chi connectivity index (χ0v) is 10.5. The fraction of sp³-hybridized carbons (Fsp3) is 0.500. The van der Waals surface area contributed by atoms with Crippen LogP contribution >= 0.6 is 0 Å². The molecule has 2 N–H and O–H groups in total. The van der Waals surface area contributed by atoms with Gasteiger partial charge in [-0.1, -0.05) is 0 Å². The average molecular weight is 234 g/mol. The Hall–Kier alpha value is -1.62. The summed E-state index contributed by atoms with van der Waals surface area (Å²) < 4.78 is 7.06. The molecular formula is C12H18N4O. The second kappa shape index (κ2) is 4.71. The van der Waals surface area contributed by atoms with Crippen LogP contribution in [0.3, 0.4) is 0 Å². The van der Waals surface area contributed by atoms with E-state index in [4.69, 9.17) is 10.5 Å². The fourth-order valence-electron chi connectivity index (χ4n) is 1.98. The minimum atomic E-state index is 0.231. The maximum atomic E-state index is 5.97. The van der Waals surface area contributed by atoms with Gasteiger partial charge < -0.3 is 10.5 Å². The number of ether oxygens (including phenoxy) is 1. The van der Waals surface area contributed by atoms with Crippen molar-refractivity contribution in [2.24, 2.45) is 0 Å². The predicted octanol–water partition coefficient (Wildman–Crippen LogP) is 1.92. The van der Waals surface area contributed by atoms with Crippen LogP contribution in [0.4, 0.5) is 5.95 Å². The van der Waals surface area contributed by atoms with Crippen LogP contribution in [0.1, 0.15) is 24.9 Å². The Morgan fingerprint density at radius 3 is 3.00 bits per heavy atom. The molecule has 0 aromatic carbocycles. The summed E-state index contributed by atoms with van der Waals surface area (Å²) in [4.78, 5) is 8.75. The number of anilines is 1. The van der Waals surface area contributed by atoms with Crippen molar-refractivity contribution >= 4 is 17.1 Å². The Morgan fingerprint density at radius 2 is 2.29 bits per heavy atom. The fourth-order valence-corrected chi connectivity index (χ4v) is 1.98. The Bertz CT molecular complexity index is 520. The average Bonchev–Trinajstić information content (AvgIpc) is 2.64. The van der Waals surface area contributed by atoms with Gasteiger partial charge in [0, 0.05) is 26.0 Å². The van der Waals surface area contributed by atoms with Crippen LogP contribution in [-0.2, 0) is 4.74 Å². The molecule has 0 aliphatic carbocycles. The number of imidazole rings is 1. The van der Waals surface area contributed by atoms with Gasteiger partial charge >= 0.3 is 0 Å². The number of fused-ring (bicyclic) bond motifs is 1. The summed E-state index contributed by atoms with van der Waals surface area (Å²) in [6.07, 6.45) is 2.68. The summed E-state index contributed by atoms with van der Waals surface area (Å²) in [7, 11) is 1.70. The monoisotopic (exact) mass is 234 g/mol. The van der Waals surface area contributed by atoms with Crippen molar-refractivity contribution in [3.8, 4) is 0 Å². The molecule has 2 aromatic rings. The van der Waals surface area contributed by atoms with Gasteiger partial charge in [-0.3, -0.25) is 4.57 Å². The molecule has 0 saturated heterocycles. The summed E-state index contributed by atoms with van der Waals surface area (Å²) in [5.74, 6) is 0.519. The van der Waals surface area contributed by atoms with Gasteiger partial charge in [0.05, 0.1) is 0 Å². The number of nitrogens with zero attached hydrogens (tertiary/aromatic N) is 3. The molecule has 0 radical (unpaired) electrons. The first-order chi connectivity index (χ1) is 8.15. The van der Waals surface area contributed by atoms with Crippen molar-refractivity contribution in [1.82, 2.24) is 14.5 Å². The molecule has 0 bridgehead atoms. The zero-order chi connectivity index (χ0) is 12.4. The van der Waals surface area contributed by atoms with Crippen molar-refractivity contribution in [2.75, 3.05) is 19.5 Å². The standard InChI is InChI=1S/C12H18N4O/c1-8-4-6-14-11-10(8)15-12(13)16(11)9(2)5-7-17-3/h4,6,9H,5,7H2,1-3H3,(H2,13,15). The minimum Gasteiger partial charge on any atom is -0.385 e. The molecule has 1 unspecified atom stereocenters. The third-order valence-electron chi connectivity index (χ3n) is 2.99. The zero-order valence-electron chi connectivity index (χ0n) is 10.5. The number of nitrogens with two attached hydrogens (primary N) is 1. The molecule has 0 aliphatic heterocycles. The van der Waals surface area contributed by atoms with Crippen molar-refractivity contribution in [2.45, 2.75) is 26.3 Å². The van der Waals surface area contributed by atoms with Crippen molar-refractivity contribution < 1.29 is 4.74 Å². The van der Waals surface area contributed by atoms with Crippen molar-refractivity contribution in [3.05, 3.63) is 17.8 Å². The van der Waals surface area contributed by atoms with Crippen molar-refractivity contribution in [3.63, 3.8) is 0 Å². The van der Waals surface area contributed by atoms with E-state index < -0.39 is 0 Å². The molecule has 0 aliphatic rings. The van der Waals surface area contributed by atoms with E-state index >= 15 is 0 Å². The summed E-state index contributed by atoms with van der Waals surface area (Å²) in [5, 5.41) is 0. The van der Waals surface area contributed by atoms with Gasteiger partial charge in [-0.2, -0.15) is 0 Å². The smallest absolute Gasteiger partial charge is 0.202 e. The van der Waals surface area contributed by atoms with E-state index in [2.05, 4.69) is 16.9 Å². The lowest BCUT2D eigenvalue weighted by Crippen LogP contribution is -2.11. The first kappa shape index (κ1) is 11.9. The summed E-state index contributed by atoms with van der Waals surface area (Å²) in [5.41, 5.74) is 8.80. The van der Waals surface area contributed by atoms with Gasteiger partial charge in [0.15, 0.2) is 5.65 Å². The molecule has 5 nitrogen and oxygen atoms in total. The van der Waals surface area contributed by atoms with Gasteiger partial charge in [-0.15, -0.1) is 0 Å². The van der Waals surface area contributed by atoms with E-state index in [0.717, 1.165) is 23.1 Å². The topological polar surface area (TPSA) is 66.0 Å². The minimum absolute atomic E-state index is 0.231. The molecule has 1 atom stereocenters. The first-order valence-electron chi connectivity index (χ1n) is 5.73. The van der Waals surface area contributed by atoms with Gasteiger partial charge in [0.1, 0.15) is 5.52 Å². The third kappa shape index (κ3) is 2.10. The van der Waals surface area contributed by atoms with E-state index in [1.54, 1.807) is 13.3 Å². The molecule has 0 amide bonds. The Morgan fingerprint density at radius 1 is 1.53 bits per heavy atom. The number of aromatic nitrogens is 3. The van der Waals surface area contributed by atoms with Gasteiger partial charge in [0.2, 0.25) is 5.95 Å². The largest absolute Gasteiger partial charge is 0.385 e. The highest BCUT2D eigenvalue weighted by molar-refractivity contribution is 5.77. The third-order valence-corrected chi connectivity index (χ3v) is 2.99. The SMILES string of the molecule is COCCC(C)n1c(N)nc2c(C)ccnc21. The predicted molar refractivity (Wildman–Crippen MR) is 67.9 cm³/mol. The maximum absolute atomic E-state index is 5.97. The van der Waals surface area contributed by atoms with Crippen LogP contribution in [0.15, 0.2) is 12.3 Å². The van der Waals surface area contributed by atoms with Crippen LogP contribution in [0.2, 0.25) is 0 Å². The van der Waals surface area contributed by atoms with E-state index in [1.807, 2.05) is 17.6 Å². The summed E-state index contributed by atoms with van der Waals surface area (Å²) in [6.45, 7) is 4.81. The van der Waals surface area contributed by atoms with Gasteiger partial charge in [-0.25, -0.2) is 9.97 Å². The first-order valence-corrected chi connectivity index (χ1v) is 5.73. The quantitative estimate of drug-likeness (QED) is 0.877. The number of rotatable bonds is 4. The Balaban J connectivity index is 2.46. The molecular weight excluding hydrogens is 216 g/mol. The van der Waals surface area contributed by atoms with Gasteiger partial charge in [-0.05, 0) is 31.9 Å². The summed E-state index contributed by atoms with van der Waals surface area (Å²) in [6, 6.07) is 2.17. The lowest BCUT2D eigenvalue weighted by molar-refractivity contribution is 0.182. The molecule has 92 valence electrons. The van der Waals surface area contributed by atoms with Crippen LogP contribution in [-0.4, -0.2) is 28.3 Å². The number of methoxy groups -OCH3 is 1. The molecule has 17 heavy (non-hydrogen) atoms. The van der Waals surface area contributed by atoms with Crippen LogP contribution in [0, 0.1) is 6.92 Å². The second-order valence-electron chi connectivity index (χ2n) is 4.27. The molecule has 2 rings (SSSR count). The van der Waals surface area contributed by atoms with Crippen LogP contribution in [0.25, 0.3) is 11.2 Å². The highest BCUT2D eigenvalue weighted by atomic mass is 16.5. The van der Waals surface area contributed by atoms with E-state index in [1.165, 1.54) is 0 Å². The maximum Gasteiger partial charge on any atom is 0.202 e. The number of hydrogen-bond acceptors (Lipinski definition) is 4. The van der Waals surface area contributed by atoms with E-state index in [-0.39, 0.29) is 6.04 Å². The highest BCUT2D eigenvalue weighted by Gasteiger charge is 2.15. The lowest BCUT2D eigenvalue weighted by atomic mass is 10.2. The number of nitrogen functional groups attached to an aromatic ring is 1. The molecule has 2 aromatic heterocycles. The van der Waals surface area contributed by atoms with Gasteiger partial charge in [0.25, 0.3) is 0 Å². The molecule has 5 heteroatoms. The molecule has 0 spiro atoms. The number of pyridine rings is 1. The Labute approximate surface area is 101 Å². The molecule has 0 fully saturated rings.